The first-order valence-corrected chi connectivity index (χ1v) is 5.89. The van der Waals surface area contributed by atoms with Crippen molar-refractivity contribution in [2.45, 2.75) is 13.1 Å². The van der Waals surface area contributed by atoms with Crippen LogP contribution in [0.5, 0.6) is 5.75 Å². The third-order valence-corrected chi connectivity index (χ3v) is 2.37. The monoisotopic (exact) mass is 283 g/mol. The van der Waals surface area contributed by atoms with Gasteiger partial charge in [-0.25, -0.2) is 9.97 Å². The van der Waals surface area contributed by atoms with Crippen molar-refractivity contribution in [3.8, 4) is 5.75 Å². The van der Waals surface area contributed by atoms with E-state index in [1.807, 2.05) is 6.92 Å². The number of nitrogens with one attached hydrogen (secondary N) is 1. The van der Waals surface area contributed by atoms with Gasteiger partial charge in [0.1, 0.15) is 11.4 Å². The molecule has 7 heteroatoms. The van der Waals surface area contributed by atoms with Gasteiger partial charge in [0.15, 0.2) is 0 Å². The van der Waals surface area contributed by atoms with Crippen LogP contribution in [0.2, 0.25) is 0 Å². The van der Waals surface area contributed by atoms with Gasteiger partial charge in [-0.3, -0.25) is 0 Å². The summed E-state index contributed by atoms with van der Waals surface area (Å²) in [5.74, 6) is 0.576. The van der Waals surface area contributed by atoms with E-state index in [1.54, 1.807) is 24.3 Å². The van der Waals surface area contributed by atoms with Crippen LogP contribution in [0.25, 0.3) is 0 Å². The molecule has 1 heterocycles. The van der Waals surface area contributed by atoms with Gasteiger partial charge in [-0.2, -0.15) is 13.2 Å². The Hall–Kier alpha value is -2.31. The second kappa shape index (κ2) is 5.77. The van der Waals surface area contributed by atoms with E-state index in [1.165, 1.54) is 0 Å². The number of halogens is 3. The van der Waals surface area contributed by atoms with E-state index in [0.29, 0.717) is 18.0 Å². The maximum Gasteiger partial charge on any atom is 0.433 e. The summed E-state index contributed by atoms with van der Waals surface area (Å²) in [5, 5.41) is 2.71. The number of ether oxygens (including phenoxy) is 1. The van der Waals surface area contributed by atoms with Crippen LogP contribution in [0.15, 0.2) is 36.5 Å². The van der Waals surface area contributed by atoms with Gasteiger partial charge < -0.3 is 10.1 Å². The molecule has 20 heavy (non-hydrogen) atoms. The summed E-state index contributed by atoms with van der Waals surface area (Å²) >= 11 is 0. The number of rotatable bonds is 4. The number of hydrogen-bond donors (Lipinski definition) is 1. The number of alkyl halides is 3. The smallest absolute Gasteiger partial charge is 0.433 e. The van der Waals surface area contributed by atoms with Gasteiger partial charge in [-0.1, -0.05) is 0 Å². The molecule has 0 aliphatic heterocycles. The van der Waals surface area contributed by atoms with Crippen molar-refractivity contribution in [2.24, 2.45) is 0 Å². The molecule has 0 saturated carbocycles. The second-order valence-electron chi connectivity index (χ2n) is 3.85. The summed E-state index contributed by atoms with van der Waals surface area (Å²) in [6.07, 6.45) is -3.43. The minimum Gasteiger partial charge on any atom is -0.494 e. The summed E-state index contributed by atoms with van der Waals surface area (Å²) in [5.41, 5.74) is -0.409. The summed E-state index contributed by atoms with van der Waals surface area (Å²) in [4.78, 5) is 7.17. The number of anilines is 2. The lowest BCUT2D eigenvalue weighted by Gasteiger charge is -2.09. The molecule has 0 bridgehead atoms. The SMILES string of the molecule is CCOc1ccc(Nc2nccc(C(F)(F)F)n2)cc1. The van der Waals surface area contributed by atoms with E-state index in [-0.39, 0.29) is 5.95 Å². The van der Waals surface area contributed by atoms with Crippen LogP contribution in [0.3, 0.4) is 0 Å². The van der Waals surface area contributed by atoms with Gasteiger partial charge in [0, 0.05) is 11.9 Å². The molecule has 1 N–H and O–H groups in total. The zero-order valence-electron chi connectivity index (χ0n) is 10.6. The second-order valence-corrected chi connectivity index (χ2v) is 3.85. The predicted molar refractivity (Wildman–Crippen MR) is 67.9 cm³/mol. The van der Waals surface area contributed by atoms with E-state index >= 15 is 0 Å². The molecule has 106 valence electrons. The zero-order valence-corrected chi connectivity index (χ0v) is 10.6. The largest absolute Gasteiger partial charge is 0.494 e. The normalized spacial score (nSPS) is 11.2. The average molecular weight is 283 g/mol. The zero-order chi connectivity index (χ0) is 14.6. The average Bonchev–Trinajstić information content (AvgIpc) is 2.41. The molecule has 0 saturated heterocycles. The molecule has 0 spiro atoms. The minimum absolute atomic E-state index is 0.107. The Morgan fingerprint density at radius 3 is 2.45 bits per heavy atom. The lowest BCUT2D eigenvalue weighted by Crippen LogP contribution is -2.10. The number of nitrogens with zero attached hydrogens (tertiary/aromatic N) is 2. The van der Waals surface area contributed by atoms with Crippen LogP contribution in [-0.4, -0.2) is 16.6 Å². The molecule has 4 nitrogen and oxygen atoms in total. The molecule has 0 unspecified atom stereocenters. The Balaban J connectivity index is 2.13. The topological polar surface area (TPSA) is 47.0 Å². The Labute approximate surface area is 113 Å². The Morgan fingerprint density at radius 1 is 1.15 bits per heavy atom. The fourth-order valence-electron chi connectivity index (χ4n) is 1.51. The van der Waals surface area contributed by atoms with Crippen molar-refractivity contribution in [2.75, 3.05) is 11.9 Å². The van der Waals surface area contributed by atoms with Gasteiger partial charge >= 0.3 is 6.18 Å². The summed E-state index contributed by atoms with van der Waals surface area (Å²) < 4.78 is 42.8. The van der Waals surface area contributed by atoms with E-state index < -0.39 is 11.9 Å². The molecule has 0 amide bonds. The van der Waals surface area contributed by atoms with Crippen LogP contribution in [0, 0.1) is 0 Å². The number of hydrogen-bond acceptors (Lipinski definition) is 4. The number of benzene rings is 1. The lowest BCUT2D eigenvalue weighted by atomic mass is 10.3. The van der Waals surface area contributed by atoms with Gasteiger partial charge in [0.05, 0.1) is 6.61 Å². The molecule has 0 fully saturated rings. The number of aromatic nitrogens is 2. The molecular formula is C13H12F3N3O. The van der Waals surface area contributed by atoms with Crippen LogP contribution in [-0.2, 0) is 6.18 Å². The van der Waals surface area contributed by atoms with Crippen molar-refractivity contribution < 1.29 is 17.9 Å². The first kappa shape index (κ1) is 14.1. The lowest BCUT2D eigenvalue weighted by molar-refractivity contribution is -0.141. The van der Waals surface area contributed by atoms with Crippen LogP contribution < -0.4 is 10.1 Å². The van der Waals surface area contributed by atoms with Gasteiger partial charge in [0.25, 0.3) is 0 Å². The van der Waals surface area contributed by atoms with Gasteiger partial charge in [-0.05, 0) is 37.3 Å². The maximum atomic E-state index is 12.5. The predicted octanol–water partition coefficient (Wildman–Crippen LogP) is 3.64. The van der Waals surface area contributed by atoms with Crippen molar-refractivity contribution in [1.82, 2.24) is 9.97 Å². The van der Waals surface area contributed by atoms with Crippen molar-refractivity contribution in [3.63, 3.8) is 0 Å². The minimum atomic E-state index is -4.49. The highest BCUT2D eigenvalue weighted by Gasteiger charge is 2.32. The molecule has 2 aromatic rings. The van der Waals surface area contributed by atoms with Crippen molar-refractivity contribution >= 4 is 11.6 Å². The third-order valence-electron chi connectivity index (χ3n) is 2.37. The quantitative estimate of drug-likeness (QED) is 0.930. The van der Waals surface area contributed by atoms with E-state index in [9.17, 15) is 13.2 Å². The first-order chi connectivity index (χ1) is 9.49. The first-order valence-electron chi connectivity index (χ1n) is 5.89. The highest BCUT2D eigenvalue weighted by atomic mass is 19.4. The molecule has 0 aliphatic rings. The molecule has 1 aromatic heterocycles. The summed E-state index contributed by atoms with van der Waals surface area (Å²) in [6.45, 7) is 2.41. The molecule has 0 atom stereocenters. The van der Waals surface area contributed by atoms with Crippen LogP contribution in [0.1, 0.15) is 12.6 Å². The fraction of sp³-hybridized carbons (Fsp3) is 0.231. The Bertz CT molecular complexity index is 570. The molecule has 0 aliphatic carbocycles. The van der Waals surface area contributed by atoms with Crippen molar-refractivity contribution in [1.29, 1.82) is 0 Å². The standard InChI is InChI=1S/C13H12F3N3O/c1-2-20-10-5-3-9(4-6-10)18-12-17-8-7-11(19-12)13(14,15)16/h3-8H,2H2,1H3,(H,17,18,19). The molecule has 1 aromatic carbocycles. The van der Waals surface area contributed by atoms with E-state index in [0.717, 1.165) is 12.3 Å². The molecular weight excluding hydrogens is 271 g/mol. The van der Waals surface area contributed by atoms with Crippen molar-refractivity contribution in [3.05, 3.63) is 42.2 Å². The highest BCUT2D eigenvalue weighted by Crippen LogP contribution is 2.28. The van der Waals surface area contributed by atoms with Crippen LogP contribution in [0.4, 0.5) is 24.8 Å². The molecule has 0 radical (unpaired) electrons. The van der Waals surface area contributed by atoms with E-state index in [2.05, 4.69) is 15.3 Å². The van der Waals surface area contributed by atoms with Crippen LogP contribution >= 0.6 is 0 Å². The summed E-state index contributed by atoms with van der Waals surface area (Å²) in [7, 11) is 0. The summed E-state index contributed by atoms with van der Waals surface area (Å²) in [6, 6.07) is 7.59. The Morgan fingerprint density at radius 2 is 1.85 bits per heavy atom. The maximum absolute atomic E-state index is 12.5. The van der Waals surface area contributed by atoms with E-state index in [4.69, 9.17) is 4.74 Å². The van der Waals surface area contributed by atoms with Gasteiger partial charge in [-0.15, -0.1) is 0 Å². The Kier molecular flexibility index (Phi) is 4.07. The highest BCUT2D eigenvalue weighted by molar-refractivity contribution is 5.54. The fourth-order valence-corrected chi connectivity index (χ4v) is 1.51. The molecule has 2 rings (SSSR count). The third kappa shape index (κ3) is 3.59. The van der Waals surface area contributed by atoms with Gasteiger partial charge in [0.2, 0.25) is 5.95 Å².